The zero-order valence-corrected chi connectivity index (χ0v) is 8.54. The summed E-state index contributed by atoms with van der Waals surface area (Å²) in [5.74, 6) is -0.316. The minimum absolute atomic E-state index is 0.316. The largest absolute Gasteiger partial charge is 0.462 e. The van der Waals surface area contributed by atoms with E-state index in [-0.39, 0.29) is 5.97 Å². The number of thiophene rings is 1. The van der Waals surface area contributed by atoms with Crippen LogP contribution < -0.4 is 0 Å². The summed E-state index contributed by atoms with van der Waals surface area (Å²) >= 11 is 1.30. The summed E-state index contributed by atoms with van der Waals surface area (Å²) in [6.45, 7) is 2.13. The summed E-state index contributed by atoms with van der Waals surface area (Å²) < 4.78 is 4.82. The van der Waals surface area contributed by atoms with E-state index in [2.05, 4.69) is 0 Å². The third-order valence-corrected chi connectivity index (χ3v) is 2.47. The molecular formula is C10H10O3S. The predicted octanol–water partition coefficient (Wildman–Crippen LogP) is 2.14. The molecule has 1 aromatic heterocycles. The van der Waals surface area contributed by atoms with Crippen LogP contribution in [0, 0.1) is 0 Å². The van der Waals surface area contributed by atoms with Crippen LogP contribution >= 0.6 is 11.3 Å². The van der Waals surface area contributed by atoms with Crippen LogP contribution in [0.15, 0.2) is 18.2 Å². The lowest BCUT2D eigenvalue weighted by atomic mass is 10.4. The summed E-state index contributed by atoms with van der Waals surface area (Å²) in [5, 5.41) is 0. The van der Waals surface area contributed by atoms with Crippen molar-refractivity contribution in [1.29, 1.82) is 0 Å². The summed E-state index contributed by atoms with van der Waals surface area (Å²) in [6.07, 6.45) is 3.74. The van der Waals surface area contributed by atoms with E-state index < -0.39 is 0 Å². The van der Waals surface area contributed by atoms with Gasteiger partial charge in [-0.1, -0.05) is 0 Å². The molecule has 0 radical (unpaired) electrons. The number of ether oxygens (including phenoxy) is 1. The van der Waals surface area contributed by atoms with E-state index in [1.165, 1.54) is 17.4 Å². The molecule has 74 valence electrons. The van der Waals surface area contributed by atoms with Crippen molar-refractivity contribution in [3.8, 4) is 0 Å². The van der Waals surface area contributed by atoms with Gasteiger partial charge in [0.1, 0.15) is 11.2 Å². The first kappa shape index (κ1) is 10.7. The zero-order chi connectivity index (χ0) is 10.4. The number of carbonyl (C=O) groups is 2. The van der Waals surface area contributed by atoms with Crippen molar-refractivity contribution in [2.45, 2.75) is 6.92 Å². The summed E-state index contributed by atoms with van der Waals surface area (Å²) in [7, 11) is 0. The molecular weight excluding hydrogens is 200 g/mol. The monoisotopic (exact) mass is 210 g/mol. The van der Waals surface area contributed by atoms with Crippen LogP contribution in [-0.4, -0.2) is 18.9 Å². The van der Waals surface area contributed by atoms with Crippen LogP contribution in [0.1, 0.15) is 21.5 Å². The highest BCUT2D eigenvalue weighted by atomic mass is 32.1. The van der Waals surface area contributed by atoms with E-state index in [4.69, 9.17) is 4.74 Å². The minimum Gasteiger partial charge on any atom is -0.462 e. The average molecular weight is 210 g/mol. The number of allylic oxidation sites excluding steroid dienone is 1. The van der Waals surface area contributed by atoms with E-state index in [1.54, 1.807) is 25.1 Å². The Balaban J connectivity index is 2.72. The van der Waals surface area contributed by atoms with E-state index in [0.717, 1.165) is 4.88 Å². The van der Waals surface area contributed by atoms with Gasteiger partial charge < -0.3 is 4.74 Å². The molecule has 0 aliphatic carbocycles. The Morgan fingerprint density at radius 3 is 3.00 bits per heavy atom. The first-order chi connectivity index (χ1) is 6.77. The number of esters is 1. The smallest absolute Gasteiger partial charge is 0.348 e. The van der Waals surface area contributed by atoms with Gasteiger partial charge in [-0.2, -0.15) is 0 Å². The van der Waals surface area contributed by atoms with Crippen LogP contribution in [0.3, 0.4) is 0 Å². The van der Waals surface area contributed by atoms with Gasteiger partial charge in [-0.05, 0) is 31.2 Å². The Hall–Kier alpha value is -1.42. The normalized spacial score (nSPS) is 10.4. The second-order valence-electron chi connectivity index (χ2n) is 2.42. The van der Waals surface area contributed by atoms with Gasteiger partial charge in [-0.15, -0.1) is 11.3 Å². The van der Waals surface area contributed by atoms with Crippen molar-refractivity contribution < 1.29 is 14.3 Å². The fourth-order valence-electron chi connectivity index (χ4n) is 0.888. The molecule has 0 unspecified atom stereocenters. The minimum atomic E-state index is -0.316. The molecule has 3 nitrogen and oxygen atoms in total. The third-order valence-electron chi connectivity index (χ3n) is 1.44. The van der Waals surface area contributed by atoms with Crippen LogP contribution in [0.4, 0.5) is 0 Å². The van der Waals surface area contributed by atoms with Gasteiger partial charge in [0.2, 0.25) is 0 Å². The molecule has 0 aromatic carbocycles. The molecule has 0 saturated heterocycles. The van der Waals surface area contributed by atoms with Crippen molar-refractivity contribution in [3.05, 3.63) is 28.0 Å². The zero-order valence-electron chi connectivity index (χ0n) is 7.73. The molecule has 0 fully saturated rings. The van der Waals surface area contributed by atoms with Crippen LogP contribution in [0.2, 0.25) is 0 Å². The molecule has 1 heterocycles. The Labute approximate surface area is 86.0 Å². The lowest BCUT2D eigenvalue weighted by Crippen LogP contribution is -2.01. The summed E-state index contributed by atoms with van der Waals surface area (Å²) in [6, 6.07) is 3.46. The molecule has 4 heteroatoms. The average Bonchev–Trinajstić information content (AvgIpc) is 2.63. The number of carbonyl (C=O) groups excluding carboxylic acids is 2. The van der Waals surface area contributed by atoms with Crippen molar-refractivity contribution in [2.24, 2.45) is 0 Å². The van der Waals surface area contributed by atoms with Crippen LogP contribution in [0.25, 0.3) is 6.08 Å². The van der Waals surface area contributed by atoms with Gasteiger partial charge in [-0.3, -0.25) is 4.79 Å². The van der Waals surface area contributed by atoms with Gasteiger partial charge in [0.05, 0.1) is 6.61 Å². The highest BCUT2D eigenvalue weighted by molar-refractivity contribution is 7.14. The molecule has 1 rings (SSSR count). The Bertz CT molecular complexity index is 352. The Morgan fingerprint density at radius 2 is 2.36 bits per heavy atom. The van der Waals surface area contributed by atoms with Crippen molar-refractivity contribution in [1.82, 2.24) is 0 Å². The third kappa shape index (κ3) is 2.81. The number of rotatable bonds is 4. The molecule has 0 amide bonds. The molecule has 1 aromatic rings. The van der Waals surface area contributed by atoms with Crippen molar-refractivity contribution in [3.63, 3.8) is 0 Å². The molecule has 0 bridgehead atoms. The van der Waals surface area contributed by atoms with Gasteiger partial charge in [-0.25, -0.2) is 4.79 Å². The number of hydrogen-bond acceptors (Lipinski definition) is 4. The predicted molar refractivity (Wildman–Crippen MR) is 55.4 cm³/mol. The number of aldehydes is 1. The van der Waals surface area contributed by atoms with Gasteiger partial charge in [0, 0.05) is 4.88 Å². The quantitative estimate of drug-likeness (QED) is 0.434. The molecule has 14 heavy (non-hydrogen) atoms. The first-order valence-corrected chi connectivity index (χ1v) is 4.98. The molecule has 0 aliphatic heterocycles. The molecule has 0 saturated carbocycles. The number of hydrogen-bond donors (Lipinski definition) is 0. The lowest BCUT2D eigenvalue weighted by molar-refractivity contribution is -0.104. The lowest BCUT2D eigenvalue weighted by Gasteiger charge is -1.96. The van der Waals surface area contributed by atoms with Crippen molar-refractivity contribution in [2.75, 3.05) is 6.61 Å². The standard InChI is InChI=1S/C10H10O3S/c1-2-13-10(12)9-6-5-8(14-9)4-3-7-11/h3-7H,2H2,1H3. The highest BCUT2D eigenvalue weighted by Crippen LogP contribution is 2.18. The molecule has 0 aliphatic rings. The van der Waals surface area contributed by atoms with Crippen molar-refractivity contribution >= 4 is 29.7 Å². The fraction of sp³-hybridized carbons (Fsp3) is 0.200. The Morgan fingerprint density at radius 1 is 1.57 bits per heavy atom. The van der Waals surface area contributed by atoms with Crippen LogP contribution in [-0.2, 0) is 9.53 Å². The van der Waals surface area contributed by atoms with Gasteiger partial charge in [0.15, 0.2) is 0 Å². The second-order valence-corrected chi connectivity index (χ2v) is 3.53. The maximum Gasteiger partial charge on any atom is 0.348 e. The van der Waals surface area contributed by atoms with E-state index in [1.807, 2.05) is 0 Å². The first-order valence-electron chi connectivity index (χ1n) is 4.16. The summed E-state index contributed by atoms with van der Waals surface area (Å²) in [5.41, 5.74) is 0. The maximum absolute atomic E-state index is 11.2. The van der Waals surface area contributed by atoms with Gasteiger partial charge in [0.25, 0.3) is 0 Å². The van der Waals surface area contributed by atoms with E-state index in [0.29, 0.717) is 17.8 Å². The second kappa shape index (κ2) is 5.34. The maximum atomic E-state index is 11.2. The topological polar surface area (TPSA) is 43.4 Å². The fourth-order valence-corrected chi connectivity index (χ4v) is 1.70. The molecule has 0 spiro atoms. The SMILES string of the molecule is CCOC(=O)c1ccc(C=CC=O)s1. The molecule has 0 atom stereocenters. The van der Waals surface area contributed by atoms with E-state index in [9.17, 15) is 9.59 Å². The van der Waals surface area contributed by atoms with Crippen LogP contribution in [0.5, 0.6) is 0 Å². The Kier molecular flexibility index (Phi) is 4.07. The summed E-state index contributed by atoms with van der Waals surface area (Å²) in [4.78, 5) is 22.7. The molecule has 0 N–H and O–H groups in total. The van der Waals surface area contributed by atoms with Gasteiger partial charge >= 0.3 is 5.97 Å². The van der Waals surface area contributed by atoms with E-state index >= 15 is 0 Å². The highest BCUT2D eigenvalue weighted by Gasteiger charge is 2.08.